The lowest BCUT2D eigenvalue weighted by atomic mass is 10.4. The molecule has 0 aromatic carbocycles. The van der Waals surface area contributed by atoms with Crippen molar-refractivity contribution in [2.45, 2.75) is 6.92 Å². The molecule has 11 heavy (non-hydrogen) atoms. The van der Waals surface area contributed by atoms with Gasteiger partial charge in [-0.05, 0) is 19.1 Å². The van der Waals surface area contributed by atoms with Gasteiger partial charge < -0.3 is 0 Å². The molecule has 0 saturated heterocycles. The third-order valence-corrected chi connectivity index (χ3v) is 1.59. The average Bonchev–Trinajstić information content (AvgIpc) is 2.31. The zero-order valence-corrected chi connectivity index (χ0v) is 6.03. The minimum atomic E-state index is -0.306. The summed E-state index contributed by atoms with van der Waals surface area (Å²) in [5.74, 6) is 0. The highest BCUT2D eigenvalue weighted by molar-refractivity contribution is 5.36. The van der Waals surface area contributed by atoms with E-state index in [1.54, 1.807) is 10.6 Å². The number of hydrogen-bond acceptors (Lipinski definition) is 2. The van der Waals surface area contributed by atoms with Crippen molar-refractivity contribution in [2.75, 3.05) is 0 Å². The molecule has 0 aliphatic rings. The number of nitrogens with one attached hydrogen (secondary N) is 1. The van der Waals surface area contributed by atoms with Gasteiger partial charge in [0.25, 0.3) is 0 Å². The molecule has 0 bridgehead atoms. The van der Waals surface area contributed by atoms with Crippen molar-refractivity contribution < 1.29 is 0 Å². The maximum atomic E-state index is 10.8. The molecule has 0 saturated carbocycles. The zero-order chi connectivity index (χ0) is 7.84. The van der Waals surface area contributed by atoms with Crippen LogP contribution in [0.15, 0.2) is 23.0 Å². The maximum Gasteiger partial charge on any atom is 0.362 e. The first kappa shape index (κ1) is 6.15. The molecular formula is C7H7N3O. The van der Waals surface area contributed by atoms with E-state index in [2.05, 4.69) is 10.1 Å². The van der Waals surface area contributed by atoms with Crippen LogP contribution in [-0.2, 0) is 0 Å². The van der Waals surface area contributed by atoms with Crippen molar-refractivity contribution in [3.05, 3.63) is 34.4 Å². The Bertz CT molecular complexity index is 440. The summed E-state index contributed by atoms with van der Waals surface area (Å²) < 4.78 is 1.66. The number of hydrogen-bond donors (Lipinski definition) is 1. The van der Waals surface area contributed by atoms with Gasteiger partial charge >= 0.3 is 5.69 Å². The SMILES string of the molecule is Cc1cccc2nc(=O)[nH]n12. The molecule has 2 aromatic rings. The van der Waals surface area contributed by atoms with Gasteiger partial charge in [-0.1, -0.05) is 6.07 Å². The number of nitrogens with zero attached hydrogens (tertiary/aromatic N) is 2. The molecule has 4 nitrogen and oxygen atoms in total. The quantitative estimate of drug-likeness (QED) is 0.586. The average molecular weight is 149 g/mol. The van der Waals surface area contributed by atoms with Crippen LogP contribution in [0.4, 0.5) is 0 Å². The zero-order valence-electron chi connectivity index (χ0n) is 6.03. The van der Waals surface area contributed by atoms with Crippen molar-refractivity contribution in [1.82, 2.24) is 14.6 Å². The summed E-state index contributed by atoms with van der Waals surface area (Å²) in [5, 5.41) is 2.58. The standard InChI is InChI=1S/C7H7N3O/c1-5-3-2-4-6-8-7(11)9-10(5)6/h2-4H,1H3,(H,9,11). The summed E-state index contributed by atoms with van der Waals surface area (Å²) >= 11 is 0. The fraction of sp³-hybridized carbons (Fsp3) is 0.143. The summed E-state index contributed by atoms with van der Waals surface area (Å²) in [6.45, 7) is 1.91. The van der Waals surface area contributed by atoms with E-state index in [1.807, 2.05) is 19.1 Å². The third kappa shape index (κ3) is 0.832. The lowest BCUT2D eigenvalue weighted by Crippen LogP contribution is -2.02. The van der Waals surface area contributed by atoms with Gasteiger partial charge in [0.05, 0.1) is 0 Å². The number of H-pyrrole nitrogens is 1. The van der Waals surface area contributed by atoms with Crippen LogP contribution < -0.4 is 5.69 Å². The van der Waals surface area contributed by atoms with Gasteiger partial charge in [0.15, 0.2) is 5.65 Å². The van der Waals surface area contributed by atoms with E-state index in [4.69, 9.17) is 0 Å². The van der Waals surface area contributed by atoms with Crippen LogP contribution in [0, 0.1) is 6.92 Å². The molecule has 2 heterocycles. The molecule has 2 aromatic heterocycles. The summed E-state index contributed by atoms with van der Waals surface area (Å²) in [6.07, 6.45) is 0. The van der Waals surface area contributed by atoms with Crippen LogP contribution in [0.2, 0.25) is 0 Å². The normalized spacial score (nSPS) is 10.6. The highest BCUT2D eigenvalue weighted by atomic mass is 16.1. The van der Waals surface area contributed by atoms with E-state index >= 15 is 0 Å². The van der Waals surface area contributed by atoms with Crippen LogP contribution in [0.5, 0.6) is 0 Å². The fourth-order valence-electron chi connectivity index (χ4n) is 1.06. The number of fused-ring (bicyclic) bond motifs is 1. The molecule has 0 atom stereocenters. The van der Waals surface area contributed by atoms with Gasteiger partial charge in [0, 0.05) is 5.69 Å². The van der Waals surface area contributed by atoms with E-state index in [0.717, 1.165) is 5.69 Å². The van der Waals surface area contributed by atoms with Crippen LogP contribution >= 0.6 is 0 Å². The van der Waals surface area contributed by atoms with E-state index < -0.39 is 0 Å². The second-order valence-electron chi connectivity index (χ2n) is 2.39. The van der Waals surface area contributed by atoms with Crippen molar-refractivity contribution in [2.24, 2.45) is 0 Å². The molecule has 0 fully saturated rings. The summed E-state index contributed by atoms with van der Waals surface area (Å²) in [5.41, 5.74) is 1.33. The van der Waals surface area contributed by atoms with Crippen molar-refractivity contribution >= 4 is 5.65 Å². The number of aromatic nitrogens is 3. The highest BCUT2D eigenvalue weighted by Gasteiger charge is 1.96. The maximum absolute atomic E-state index is 10.8. The molecule has 56 valence electrons. The van der Waals surface area contributed by atoms with Gasteiger partial charge in [0.2, 0.25) is 0 Å². The predicted molar refractivity (Wildman–Crippen MR) is 40.5 cm³/mol. The minimum absolute atomic E-state index is 0.306. The second kappa shape index (κ2) is 1.95. The Morgan fingerprint density at radius 2 is 2.36 bits per heavy atom. The molecule has 4 heteroatoms. The van der Waals surface area contributed by atoms with E-state index in [9.17, 15) is 4.79 Å². The van der Waals surface area contributed by atoms with Crippen LogP contribution in [0.1, 0.15) is 5.69 Å². The first-order chi connectivity index (χ1) is 5.27. The Labute approximate surface area is 62.5 Å². The van der Waals surface area contributed by atoms with Crippen LogP contribution in [0.3, 0.4) is 0 Å². The lowest BCUT2D eigenvalue weighted by Gasteiger charge is -1.94. The van der Waals surface area contributed by atoms with Gasteiger partial charge in [-0.2, -0.15) is 4.98 Å². The number of aromatic amines is 1. The molecule has 0 aliphatic carbocycles. The smallest absolute Gasteiger partial charge is 0.244 e. The van der Waals surface area contributed by atoms with Gasteiger partial charge in [-0.25, -0.2) is 14.4 Å². The Hall–Kier alpha value is -1.58. The van der Waals surface area contributed by atoms with E-state index in [1.165, 1.54) is 0 Å². The Balaban J connectivity index is 3.01. The van der Waals surface area contributed by atoms with Crippen LogP contribution in [-0.4, -0.2) is 14.6 Å². The van der Waals surface area contributed by atoms with Crippen molar-refractivity contribution in [3.8, 4) is 0 Å². The molecule has 0 radical (unpaired) electrons. The van der Waals surface area contributed by atoms with Gasteiger partial charge in [-0.15, -0.1) is 0 Å². The van der Waals surface area contributed by atoms with E-state index in [0.29, 0.717) is 5.65 Å². The summed E-state index contributed by atoms with van der Waals surface area (Å²) in [4.78, 5) is 14.5. The first-order valence-electron chi connectivity index (χ1n) is 3.32. The topological polar surface area (TPSA) is 50.2 Å². The monoisotopic (exact) mass is 149 g/mol. The third-order valence-electron chi connectivity index (χ3n) is 1.59. The minimum Gasteiger partial charge on any atom is -0.244 e. The first-order valence-corrected chi connectivity index (χ1v) is 3.32. The molecular weight excluding hydrogens is 142 g/mol. The van der Waals surface area contributed by atoms with Crippen molar-refractivity contribution in [3.63, 3.8) is 0 Å². The predicted octanol–water partition coefficient (Wildman–Crippen LogP) is 0.331. The largest absolute Gasteiger partial charge is 0.362 e. The Morgan fingerprint density at radius 3 is 3.09 bits per heavy atom. The Kier molecular flexibility index (Phi) is 1.09. The molecule has 1 N–H and O–H groups in total. The fourth-order valence-corrected chi connectivity index (χ4v) is 1.06. The molecule has 0 amide bonds. The van der Waals surface area contributed by atoms with Crippen molar-refractivity contribution in [1.29, 1.82) is 0 Å². The highest BCUT2D eigenvalue weighted by Crippen LogP contribution is 1.98. The van der Waals surface area contributed by atoms with Gasteiger partial charge in [0.1, 0.15) is 0 Å². The molecule has 0 aliphatic heterocycles. The molecule has 2 rings (SSSR count). The molecule has 0 unspecified atom stereocenters. The number of rotatable bonds is 0. The summed E-state index contributed by atoms with van der Waals surface area (Å²) in [7, 11) is 0. The Morgan fingerprint density at radius 1 is 1.55 bits per heavy atom. The number of aryl methyl sites for hydroxylation is 1. The molecule has 0 spiro atoms. The van der Waals surface area contributed by atoms with Crippen LogP contribution in [0.25, 0.3) is 5.65 Å². The summed E-state index contributed by atoms with van der Waals surface area (Å²) in [6, 6.07) is 5.56. The number of pyridine rings is 1. The lowest BCUT2D eigenvalue weighted by molar-refractivity contribution is 0.895. The van der Waals surface area contributed by atoms with Gasteiger partial charge in [-0.3, -0.25) is 0 Å². The van der Waals surface area contributed by atoms with E-state index in [-0.39, 0.29) is 5.69 Å². The second-order valence-corrected chi connectivity index (χ2v) is 2.39.